The van der Waals surface area contributed by atoms with Gasteiger partial charge in [-0.1, -0.05) is 41.4 Å². The molecule has 0 aliphatic carbocycles. The maximum absolute atomic E-state index is 12.1. The number of hydrogen-bond acceptors (Lipinski definition) is 3. The first-order valence-electron chi connectivity index (χ1n) is 8.69. The van der Waals surface area contributed by atoms with Crippen molar-refractivity contribution in [2.45, 2.75) is 31.2 Å². The van der Waals surface area contributed by atoms with Crippen molar-refractivity contribution in [2.24, 2.45) is 0 Å². The Hall–Kier alpha value is -1.86. The summed E-state index contributed by atoms with van der Waals surface area (Å²) in [6, 6.07) is 11.4. The third-order valence-corrected chi connectivity index (χ3v) is 5.98. The van der Waals surface area contributed by atoms with Crippen molar-refractivity contribution in [2.75, 3.05) is 6.54 Å². The summed E-state index contributed by atoms with van der Waals surface area (Å²) < 4.78 is 26.7. The van der Waals surface area contributed by atoms with Gasteiger partial charge in [0.25, 0.3) is 0 Å². The normalized spacial score (nSPS) is 11.9. The van der Waals surface area contributed by atoms with Crippen LogP contribution in [0.4, 0.5) is 0 Å². The van der Waals surface area contributed by atoms with Crippen molar-refractivity contribution in [3.05, 3.63) is 69.7 Å². The fourth-order valence-electron chi connectivity index (χ4n) is 2.41. The average Bonchev–Trinajstić information content (AvgIpc) is 2.61. The molecule has 2 N–H and O–H groups in total. The Balaban J connectivity index is 1.88. The van der Waals surface area contributed by atoms with Gasteiger partial charge in [0.05, 0.1) is 4.90 Å². The van der Waals surface area contributed by atoms with Crippen LogP contribution in [-0.4, -0.2) is 26.9 Å². The van der Waals surface area contributed by atoms with Gasteiger partial charge in [-0.3, -0.25) is 4.79 Å². The van der Waals surface area contributed by atoms with Crippen LogP contribution in [0.2, 0.25) is 10.0 Å². The van der Waals surface area contributed by atoms with Crippen LogP contribution in [0.5, 0.6) is 0 Å². The molecule has 0 fully saturated rings. The van der Waals surface area contributed by atoms with Gasteiger partial charge in [-0.25, -0.2) is 13.1 Å². The first-order valence-corrected chi connectivity index (χ1v) is 10.9. The molecule has 0 aliphatic heterocycles. The molecule has 0 saturated heterocycles. The van der Waals surface area contributed by atoms with E-state index in [-0.39, 0.29) is 16.8 Å². The van der Waals surface area contributed by atoms with E-state index in [2.05, 4.69) is 10.0 Å². The Labute approximate surface area is 175 Å². The fraction of sp³-hybridized carbons (Fsp3) is 0.250. The molecule has 8 heteroatoms. The SMILES string of the molecule is CC(C)NS(=O)(=O)c1ccc(/C=C/C(=O)NCCc2ccc(Cl)cc2Cl)cc1. The molecule has 0 bridgehead atoms. The number of hydrogen-bond donors (Lipinski definition) is 2. The van der Waals surface area contributed by atoms with Gasteiger partial charge in [0, 0.05) is 28.7 Å². The third-order valence-electron chi connectivity index (χ3n) is 3.72. The highest BCUT2D eigenvalue weighted by Crippen LogP contribution is 2.21. The number of nitrogens with one attached hydrogen (secondary N) is 2. The maximum Gasteiger partial charge on any atom is 0.244 e. The zero-order valence-electron chi connectivity index (χ0n) is 15.6. The Morgan fingerprint density at radius 3 is 2.39 bits per heavy atom. The van der Waals surface area contributed by atoms with Crippen LogP contribution in [0.3, 0.4) is 0 Å². The van der Waals surface area contributed by atoms with Crippen molar-refractivity contribution in [1.82, 2.24) is 10.0 Å². The summed E-state index contributed by atoms with van der Waals surface area (Å²) in [6.07, 6.45) is 3.61. The largest absolute Gasteiger partial charge is 0.352 e. The lowest BCUT2D eigenvalue weighted by atomic mass is 10.1. The van der Waals surface area contributed by atoms with Crippen molar-refractivity contribution >= 4 is 45.2 Å². The van der Waals surface area contributed by atoms with Gasteiger partial charge >= 0.3 is 0 Å². The molecule has 2 aromatic carbocycles. The maximum atomic E-state index is 12.1. The summed E-state index contributed by atoms with van der Waals surface area (Å²) in [6.45, 7) is 3.95. The molecular formula is C20H22Cl2N2O3S. The van der Waals surface area contributed by atoms with Gasteiger partial charge < -0.3 is 5.32 Å². The van der Waals surface area contributed by atoms with E-state index in [4.69, 9.17) is 23.2 Å². The lowest BCUT2D eigenvalue weighted by Gasteiger charge is -2.09. The average molecular weight is 441 g/mol. The molecular weight excluding hydrogens is 419 g/mol. The number of sulfonamides is 1. The molecule has 0 saturated carbocycles. The van der Waals surface area contributed by atoms with E-state index in [9.17, 15) is 13.2 Å². The zero-order valence-corrected chi connectivity index (χ0v) is 17.9. The second-order valence-corrected chi connectivity index (χ2v) is 9.01. The second-order valence-electron chi connectivity index (χ2n) is 6.46. The van der Waals surface area contributed by atoms with Gasteiger partial charge in [0.2, 0.25) is 15.9 Å². The molecule has 0 aromatic heterocycles. The standard InChI is InChI=1S/C20H22Cl2N2O3S/c1-14(2)24-28(26,27)18-8-3-15(4-9-18)5-10-20(25)23-12-11-16-6-7-17(21)13-19(16)22/h3-10,13-14,24H,11-12H2,1-2H3,(H,23,25)/b10-5+. The van der Waals surface area contributed by atoms with E-state index in [0.29, 0.717) is 23.0 Å². The summed E-state index contributed by atoms with van der Waals surface area (Å²) in [5.74, 6) is -0.247. The van der Waals surface area contributed by atoms with Crippen LogP contribution in [-0.2, 0) is 21.2 Å². The van der Waals surface area contributed by atoms with Gasteiger partial charge in [0.1, 0.15) is 0 Å². The molecule has 28 heavy (non-hydrogen) atoms. The summed E-state index contributed by atoms with van der Waals surface area (Å²) in [4.78, 5) is 12.1. The summed E-state index contributed by atoms with van der Waals surface area (Å²) in [7, 11) is -3.52. The minimum Gasteiger partial charge on any atom is -0.352 e. The molecule has 0 aliphatic rings. The number of rotatable bonds is 8. The van der Waals surface area contributed by atoms with Crippen LogP contribution in [0.25, 0.3) is 6.08 Å². The predicted molar refractivity (Wildman–Crippen MR) is 114 cm³/mol. The lowest BCUT2D eigenvalue weighted by molar-refractivity contribution is -0.116. The highest BCUT2D eigenvalue weighted by molar-refractivity contribution is 7.89. The van der Waals surface area contributed by atoms with E-state index in [0.717, 1.165) is 11.1 Å². The quantitative estimate of drug-likeness (QED) is 0.607. The molecule has 0 radical (unpaired) electrons. The van der Waals surface area contributed by atoms with E-state index < -0.39 is 10.0 Å². The van der Waals surface area contributed by atoms with Crippen molar-refractivity contribution in [1.29, 1.82) is 0 Å². The minimum absolute atomic E-state index is 0.183. The topological polar surface area (TPSA) is 75.3 Å². The van der Waals surface area contributed by atoms with Gasteiger partial charge in [-0.2, -0.15) is 0 Å². The zero-order chi connectivity index (χ0) is 20.7. The Morgan fingerprint density at radius 2 is 1.79 bits per heavy atom. The van der Waals surface area contributed by atoms with Gasteiger partial charge in [-0.05, 0) is 61.7 Å². The predicted octanol–water partition coefficient (Wildman–Crippen LogP) is 4.05. The van der Waals surface area contributed by atoms with E-state index >= 15 is 0 Å². The molecule has 0 atom stereocenters. The van der Waals surface area contributed by atoms with Crippen LogP contribution < -0.4 is 10.0 Å². The summed E-state index contributed by atoms with van der Waals surface area (Å²) in [5, 5.41) is 3.91. The Bertz CT molecular complexity index is 956. The Kier molecular flexibility index (Phi) is 8.07. The van der Waals surface area contributed by atoms with Crippen LogP contribution in [0, 0.1) is 0 Å². The fourth-order valence-corrected chi connectivity index (χ4v) is 4.17. The number of halogens is 2. The Morgan fingerprint density at radius 1 is 1.11 bits per heavy atom. The van der Waals surface area contributed by atoms with Crippen molar-refractivity contribution in [3.63, 3.8) is 0 Å². The number of carbonyl (C=O) groups excluding carboxylic acids is 1. The molecule has 0 unspecified atom stereocenters. The minimum atomic E-state index is -3.52. The van der Waals surface area contributed by atoms with Crippen molar-refractivity contribution in [3.8, 4) is 0 Å². The second kappa shape index (κ2) is 10.1. The molecule has 5 nitrogen and oxygen atoms in total. The highest BCUT2D eigenvalue weighted by atomic mass is 35.5. The lowest BCUT2D eigenvalue weighted by Crippen LogP contribution is -2.30. The number of carbonyl (C=O) groups is 1. The first kappa shape index (κ1) is 22.4. The highest BCUT2D eigenvalue weighted by Gasteiger charge is 2.14. The monoisotopic (exact) mass is 440 g/mol. The van der Waals surface area contributed by atoms with Crippen molar-refractivity contribution < 1.29 is 13.2 Å². The molecule has 0 spiro atoms. The summed E-state index contributed by atoms with van der Waals surface area (Å²) in [5.41, 5.74) is 1.63. The van der Waals surface area contributed by atoms with Crippen LogP contribution in [0.1, 0.15) is 25.0 Å². The molecule has 2 rings (SSSR count). The van der Waals surface area contributed by atoms with Crippen LogP contribution in [0.15, 0.2) is 53.4 Å². The number of benzene rings is 2. The van der Waals surface area contributed by atoms with Gasteiger partial charge in [-0.15, -0.1) is 0 Å². The molecule has 2 aromatic rings. The first-order chi connectivity index (χ1) is 13.2. The van der Waals surface area contributed by atoms with E-state index in [1.54, 1.807) is 44.2 Å². The van der Waals surface area contributed by atoms with Gasteiger partial charge in [0.15, 0.2) is 0 Å². The molecule has 1 amide bonds. The van der Waals surface area contributed by atoms with E-state index in [1.807, 2.05) is 6.07 Å². The molecule has 0 heterocycles. The van der Waals surface area contributed by atoms with Crippen LogP contribution >= 0.6 is 23.2 Å². The van der Waals surface area contributed by atoms with E-state index in [1.165, 1.54) is 18.2 Å². The smallest absolute Gasteiger partial charge is 0.244 e. The number of amides is 1. The summed E-state index contributed by atoms with van der Waals surface area (Å²) >= 11 is 12.0. The third kappa shape index (κ3) is 6.95. The molecule has 150 valence electrons.